The summed E-state index contributed by atoms with van der Waals surface area (Å²) >= 11 is 6.31. The first-order chi connectivity index (χ1) is 31.0. The van der Waals surface area contributed by atoms with Crippen molar-refractivity contribution in [3.63, 3.8) is 0 Å². The molecule has 0 radical (unpaired) electrons. The van der Waals surface area contributed by atoms with E-state index in [1.54, 1.807) is 28.4 Å². The Kier molecular flexibility index (Phi) is 12.9. The van der Waals surface area contributed by atoms with Crippen LogP contribution < -0.4 is 21.9 Å². The zero-order chi connectivity index (χ0) is 44.7. The number of halogens is 1. The fourth-order valence-corrected chi connectivity index (χ4v) is 12.4. The van der Waals surface area contributed by atoms with Crippen LogP contribution in [0.3, 0.4) is 0 Å². The van der Waals surface area contributed by atoms with Gasteiger partial charge in [-0.25, -0.2) is 18.3 Å². The first-order valence-corrected chi connectivity index (χ1v) is 24.4. The van der Waals surface area contributed by atoms with Crippen molar-refractivity contribution >= 4 is 68.6 Å². The fourth-order valence-electron chi connectivity index (χ4n) is 10.7. The SMILES string of the molecule is CCCC(C(=O)NC=O)n1c(=O)n(C)c2cc(C3CCN(CCCOC4CC5(C4)CN(S(=O)c4ccc(Nc6ncc7cc(Cl)c(=O)n(C8CCCC8)c7n6)c(C)c4)C5)CC3)ccc21. The maximum Gasteiger partial charge on any atom is 0.329 e. The van der Waals surface area contributed by atoms with Crippen LogP contribution in [-0.4, -0.2) is 94.8 Å². The third kappa shape index (κ3) is 8.71. The smallest absolute Gasteiger partial charge is 0.329 e. The van der Waals surface area contributed by atoms with Gasteiger partial charge < -0.3 is 15.0 Å². The Balaban J connectivity index is 0.705. The Bertz CT molecular complexity index is 2710. The summed E-state index contributed by atoms with van der Waals surface area (Å²) in [5, 5.41) is 6.47. The summed E-state index contributed by atoms with van der Waals surface area (Å²) in [6.07, 6.45) is 12.6. The highest BCUT2D eigenvalue weighted by molar-refractivity contribution is 7.82. The van der Waals surface area contributed by atoms with E-state index in [1.807, 2.05) is 38.1 Å². The second kappa shape index (κ2) is 18.6. The summed E-state index contributed by atoms with van der Waals surface area (Å²) in [5.41, 5.74) is 4.75. The number of imidazole rings is 1. The number of carbonyl (C=O) groups is 2. The lowest BCUT2D eigenvalue weighted by Crippen LogP contribution is -2.64. The van der Waals surface area contributed by atoms with E-state index in [0.29, 0.717) is 42.3 Å². The van der Waals surface area contributed by atoms with Gasteiger partial charge in [-0.2, -0.15) is 4.98 Å². The molecule has 2 aromatic carbocycles. The van der Waals surface area contributed by atoms with Crippen LogP contribution in [-0.2, 0) is 32.4 Å². The van der Waals surface area contributed by atoms with Crippen molar-refractivity contribution in [2.75, 3.05) is 44.6 Å². The van der Waals surface area contributed by atoms with E-state index in [2.05, 4.69) is 37.0 Å². The molecule has 2 aliphatic heterocycles. The third-order valence-corrected chi connectivity index (χ3v) is 15.8. The van der Waals surface area contributed by atoms with Crippen molar-refractivity contribution in [1.29, 1.82) is 0 Å². The molecule has 4 aliphatic rings. The minimum Gasteiger partial charge on any atom is -0.378 e. The number of imide groups is 1. The van der Waals surface area contributed by atoms with Gasteiger partial charge in [0.25, 0.3) is 5.56 Å². The van der Waals surface area contributed by atoms with Crippen LogP contribution in [0.15, 0.2) is 63.1 Å². The zero-order valence-corrected chi connectivity index (χ0v) is 38.5. The van der Waals surface area contributed by atoms with Gasteiger partial charge in [0, 0.05) is 62.0 Å². The van der Waals surface area contributed by atoms with Crippen molar-refractivity contribution in [2.24, 2.45) is 12.5 Å². The van der Waals surface area contributed by atoms with Gasteiger partial charge in [0.1, 0.15) is 27.7 Å². The van der Waals surface area contributed by atoms with Gasteiger partial charge in [-0.3, -0.25) is 33.4 Å². The monoisotopic (exact) mass is 911 g/mol. The number of amides is 2. The summed E-state index contributed by atoms with van der Waals surface area (Å²) in [6.45, 7) is 9.28. The predicted molar refractivity (Wildman–Crippen MR) is 249 cm³/mol. The van der Waals surface area contributed by atoms with Gasteiger partial charge in [0.15, 0.2) is 0 Å². The van der Waals surface area contributed by atoms with Gasteiger partial charge in [0.2, 0.25) is 18.3 Å². The lowest BCUT2D eigenvalue weighted by atomic mass is 9.63. The van der Waals surface area contributed by atoms with Crippen molar-refractivity contribution in [3.05, 3.63) is 85.6 Å². The molecule has 0 bridgehead atoms. The van der Waals surface area contributed by atoms with Crippen LogP contribution in [0, 0.1) is 12.3 Å². The van der Waals surface area contributed by atoms with Crippen LogP contribution in [0.2, 0.25) is 5.02 Å². The molecule has 340 valence electrons. The van der Waals surface area contributed by atoms with E-state index in [0.717, 1.165) is 124 Å². The first-order valence-electron chi connectivity index (χ1n) is 22.9. The predicted octanol–water partition coefficient (Wildman–Crippen LogP) is 6.65. The zero-order valence-electron chi connectivity index (χ0n) is 36.9. The quantitative estimate of drug-likeness (QED) is 0.0809. The second-order valence-corrected chi connectivity index (χ2v) is 20.4. The Hall–Kier alpha value is -4.74. The number of pyridine rings is 1. The molecule has 5 heterocycles. The first kappa shape index (κ1) is 44.5. The van der Waals surface area contributed by atoms with E-state index in [4.69, 9.17) is 21.3 Å². The van der Waals surface area contributed by atoms with Crippen LogP contribution in [0.25, 0.3) is 22.1 Å². The van der Waals surface area contributed by atoms with Crippen LogP contribution in [0.5, 0.6) is 0 Å². The van der Waals surface area contributed by atoms with Crippen molar-refractivity contribution in [2.45, 2.75) is 113 Å². The van der Waals surface area contributed by atoms with E-state index in [1.165, 1.54) is 10.1 Å². The highest BCUT2D eigenvalue weighted by atomic mass is 35.5. The molecule has 2 amide bonds. The van der Waals surface area contributed by atoms with Gasteiger partial charge >= 0.3 is 5.69 Å². The summed E-state index contributed by atoms with van der Waals surface area (Å²) < 4.78 is 26.9. The molecule has 2 atom stereocenters. The number of carbonyl (C=O) groups excluding carboxylic acids is 2. The average Bonchev–Trinajstić information content (AvgIpc) is 3.88. The molecule has 5 aromatic rings. The van der Waals surface area contributed by atoms with E-state index in [9.17, 15) is 23.4 Å². The third-order valence-electron chi connectivity index (χ3n) is 14.2. The topological polar surface area (TPSA) is 166 Å². The average molecular weight is 913 g/mol. The van der Waals surface area contributed by atoms with Crippen molar-refractivity contribution in [1.82, 2.24) is 38.2 Å². The Morgan fingerprint density at radius 1 is 1.05 bits per heavy atom. The van der Waals surface area contributed by atoms with E-state index in [-0.39, 0.29) is 33.8 Å². The molecular formula is C47H58ClN9O6S. The molecular weight excluding hydrogens is 854 g/mol. The van der Waals surface area contributed by atoms with Crippen molar-refractivity contribution < 1.29 is 18.5 Å². The van der Waals surface area contributed by atoms with Gasteiger partial charge in [-0.05, 0) is 125 Å². The minimum absolute atomic E-state index is 0.0806. The standard InChI is InChI=1S/C47H58ClN9O6S/c1-4-8-40(43(59)50-29-58)57-39-14-11-32(23-41(39)53(3)46(57)61)31-15-18-54(19-16-31)17-7-20-63-35-24-47(25-35)27-55(28-47)64(62)36-12-13-38(30(2)21-36)51-45-49-26-33-22-37(48)44(60)56(42(33)52-45)34-9-5-6-10-34/h11-14,21-23,26,29,31,34-35,40H,4-10,15-20,24-25,27-28H2,1-3H3,(H,49,51,52)(H,50,58,59). The molecule has 1 spiro atoms. The molecule has 2 unspecified atom stereocenters. The maximum absolute atomic E-state index is 13.6. The highest BCUT2D eigenvalue weighted by Crippen LogP contribution is 2.50. The van der Waals surface area contributed by atoms with E-state index < -0.39 is 22.9 Å². The van der Waals surface area contributed by atoms with Gasteiger partial charge in [0.05, 0.1) is 22.0 Å². The highest BCUT2D eigenvalue weighted by Gasteiger charge is 2.54. The maximum atomic E-state index is 13.6. The number of rotatable bonds is 16. The molecule has 64 heavy (non-hydrogen) atoms. The second-order valence-electron chi connectivity index (χ2n) is 18.5. The lowest BCUT2D eigenvalue weighted by Gasteiger charge is -2.57. The normalized spacial score (nSPS) is 19.5. The summed E-state index contributed by atoms with van der Waals surface area (Å²) in [6, 6.07) is 12.9. The number of aryl methyl sites for hydroxylation is 2. The number of nitrogens with one attached hydrogen (secondary N) is 2. The minimum atomic E-state index is -1.26. The summed E-state index contributed by atoms with van der Waals surface area (Å²) in [7, 11) is 0.482. The largest absolute Gasteiger partial charge is 0.378 e. The summed E-state index contributed by atoms with van der Waals surface area (Å²) in [5.74, 6) is 0.319. The van der Waals surface area contributed by atoms with Crippen molar-refractivity contribution in [3.8, 4) is 0 Å². The Labute approximate surface area is 380 Å². The number of anilines is 2. The molecule has 2 saturated heterocycles. The molecule has 15 nitrogen and oxygen atoms in total. The van der Waals surface area contributed by atoms with E-state index >= 15 is 0 Å². The number of fused-ring (bicyclic) bond motifs is 2. The number of hydrogen-bond donors (Lipinski definition) is 2. The number of hydrogen-bond acceptors (Lipinski definition) is 10. The number of likely N-dealkylation sites (tertiary alicyclic amines) is 1. The fraction of sp³-hybridized carbons (Fsp3) is 0.532. The number of aromatic nitrogens is 5. The number of piperidine rings is 1. The molecule has 9 rings (SSSR count). The Morgan fingerprint density at radius 2 is 1.81 bits per heavy atom. The van der Waals surface area contributed by atoms with Gasteiger partial charge in [-0.15, -0.1) is 0 Å². The molecule has 2 N–H and O–H groups in total. The van der Waals surface area contributed by atoms with Crippen LogP contribution >= 0.6 is 11.6 Å². The van der Waals surface area contributed by atoms with Gasteiger partial charge in [-0.1, -0.05) is 43.9 Å². The van der Waals surface area contributed by atoms with Crippen LogP contribution in [0.1, 0.15) is 107 Å². The number of benzene rings is 2. The number of ether oxygens (including phenoxy) is 1. The molecule has 3 aromatic heterocycles. The summed E-state index contributed by atoms with van der Waals surface area (Å²) in [4.78, 5) is 62.6. The molecule has 4 fully saturated rings. The number of nitrogens with zero attached hydrogens (tertiary/aromatic N) is 7. The Morgan fingerprint density at radius 3 is 2.53 bits per heavy atom. The lowest BCUT2D eigenvalue weighted by molar-refractivity contribution is -0.128. The molecule has 2 saturated carbocycles. The molecule has 2 aliphatic carbocycles. The molecule has 17 heteroatoms. The van der Waals surface area contributed by atoms with Crippen LogP contribution in [0.4, 0.5) is 11.6 Å².